The number of hydrogen-bond donors (Lipinski definition) is 1. The third kappa shape index (κ3) is 3.96. The molecule has 0 radical (unpaired) electrons. The van der Waals surface area contributed by atoms with Crippen molar-refractivity contribution in [2.45, 2.75) is 18.2 Å². The molecular formula is C11H14ClNO3S. The van der Waals surface area contributed by atoms with Gasteiger partial charge in [0.25, 0.3) is 0 Å². The molecule has 0 aromatic heterocycles. The molecule has 1 saturated heterocycles. The Bertz CT molecular complexity index is 466. The molecule has 1 unspecified atom stereocenters. The first-order valence-electron chi connectivity index (χ1n) is 5.37. The van der Waals surface area contributed by atoms with Gasteiger partial charge in [-0.15, -0.1) is 0 Å². The second-order valence-electron chi connectivity index (χ2n) is 4.06. The number of sulfonamides is 1. The van der Waals surface area contributed by atoms with Crippen molar-refractivity contribution in [2.75, 3.05) is 13.2 Å². The zero-order valence-corrected chi connectivity index (χ0v) is 10.8. The second kappa shape index (κ2) is 5.35. The molecule has 1 heterocycles. The van der Waals surface area contributed by atoms with Gasteiger partial charge in [-0.2, -0.15) is 0 Å². The van der Waals surface area contributed by atoms with E-state index in [1.54, 1.807) is 24.3 Å². The summed E-state index contributed by atoms with van der Waals surface area (Å²) in [6.07, 6.45) is 0.736. The molecule has 17 heavy (non-hydrogen) atoms. The summed E-state index contributed by atoms with van der Waals surface area (Å²) in [5, 5.41) is 0.600. The first-order valence-corrected chi connectivity index (χ1v) is 7.40. The van der Waals surface area contributed by atoms with Gasteiger partial charge in [0.1, 0.15) is 0 Å². The van der Waals surface area contributed by atoms with Crippen LogP contribution in [0.2, 0.25) is 5.02 Å². The molecular weight excluding hydrogens is 262 g/mol. The summed E-state index contributed by atoms with van der Waals surface area (Å²) in [4.78, 5) is 0. The third-order valence-corrected chi connectivity index (χ3v) is 4.20. The molecule has 1 fully saturated rings. The van der Waals surface area contributed by atoms with Gasteiger partial charge in [0, 0.05) is 17.7 Å². The van der Waals surface area contributed by atoms with Crippen molar-refractivity contribution >= 4 is 21.6 Å². The third-order valence-electron chi connectivity index (χ3n) is 2.55. The molecule has 0 aliphatic carbocycles. The lowest BCUT2D eigenvalue weighted by Crippen LogP contribution is -2.35. The number of halogens is 1. The molecule has 2 rings (SSSR count). The second-order valence-corrected chi connectivity index (χ2v) is 6.25. The van der Waals surface area contributed by atoms with Gasteiger partial charge in [0.05, 0.1) is 12.4 Å². The maximum Gasteiger partial charge on any atom is 0.216 e. The molecule has 1 aromatic rings. The summed E-state index contributed by atoms with van der Waals surface area (Å²) in [5.41, 5.74) is 0.723. The normalized spacial score (nSPS) is 20.6. The van der Waals surface area contributed by atoms with Gasteiger partial charge in [-0.3, -0.25) is 0 Å². The van der Waals surface area contributed by atoms with Crippen molar-refractivity contribution in [2.24, 2.45) is 0 Å². The predicted octanol–water partition coefficient (Wildman–Crippen LogP) is 1.55. The fraction of sp³-hybridized carbons (Fsp3) is 0.455. The first kappa shape index (κ1) is 12.8. The van der Waals surface area contributed by atoms with E-state index in [-0.39, 0.29) is 11.8 Å². The molecule has 94 valence electrons. The van der Waals surface area contributed by atoms with E-state index in [1.165, 1.54) is 0 Å². The molecule has 6 heteroatoms. The van der Waals surface area contributed by atoms with E-state index in [2.05, 4.69) is 4.72 Å². The summed E-state index contributed by atoms with van der Waals surface area (Å²) < 4.78 is 31.4. The largest absolute Gasteiger partial charge is 0.380 e. The van der Waals surface area contributed by atoms with E-state index in [0.717, 1.165) is 12.0 Å². The van der Waals surface area contributed by atoms with Crippen LogP contribution in [-0.2, 0) is 20.5 Å². The number of rotatable bonds is 4. The Morgan fingerprint density at radius 2 is 2.06 bits per heavy atom. The number of benzene rings is 1. The van der Waals surface area contributed by atoms with E-state index >= 15 is 0 Å². The highest BCUT2D eigenvalue weighted by atomic mass is 35.5. The zero-order valence-electron chi connectivity index (χ0n) is 9.23. The maximum absolute atomic E-state index is 11.8. The first-order chi connectivity index (χ1) is 8.05. The average molecular weight is 276 g/mol. The molecule has 1 aliphatic heterocycles. The monoisotopic (exact) mass is 275 g/mol. The Kier molecular flexibility index (Phi) is 4.04. The molecule has 1 N–H and O–H groups in total. The highest BCUT2D eigenvalue weighted by molar-refractivity contribution is 7.88. The van der Waals surface area contributed by atoms with Crippen LogP contribution >= 0.6 is 11.6 Å². The molecule has 1 aliphatic rings. The molecule has 0 amide bonds. The van der Waals surface area contributed by atoms with Gasteiger partial charge < -0.3 is 4.74 Å². The van der Waals surface area contributed by atoms with Crippen LogP contribution in [-0.4, -0.2) is 27.7 Å². The molecule has 1 aromatic carbocycles. The van der Waals surface area contributed by atoms with Gasteiger partial charge >= 0.3 is 0 Å². The minimum Gasteiger partial charge on any atom is -0.380 e. The summed E-state index contributed by atoms with van der Waals surface area (Å²) >= 11 is 5.74. The van der Waals surface area contributed by atoms with Crippen molar-refractivity contribution in [3.05, 3.63) is 34.9 Å². The van der Waals surface area contributed by atoms with Gasteiger partial charge in [-0.05, 0) is 24.1 Å². The summed E-state index contributed by atoms with van der Waals surface area (Å²) in [6.45, 7) is 1.08. The quantitative estimate of drug-likeness (QED) is 0.907. The SMILES string of the molecule is O=S(=O)(Cc1ccc(Cl)cc1)NC1CCOC1. The van der Waals surface area contributed by atoms with Gasteiger partial charge in [0.2, 0.25) is 10.0 Å². The van der Waals surface area contributed by atoms with Gasteiger partial charge in [-0.1, -0.05) is 23.7 Å². The topological polar surface area (TPSA) is 55.4 Å². The van der Waals surface area contributed by atoms with E-state index < -0.39 is 10.0 Å². The van der Waals surface area contributed by atoms with Crippen LogP contribution in [0.1, 0.15) is 12.0 Å². The summed E-state index contributed by atoms with van der Waals surface area (Å²) in [7, 11) is -3.30. The Morgan fingerprint density at radius 1 is 1.35 bits per heavy atom. The Hall–Kier alpha value is -0.620. The highest BCUT2D eigenvalue weighted by Crippen LogP contribution is 2.13. The molecule has 0 saturated carbocycles. The van der Waals surface area contributed by atoms with Crippen molar-refractivity contribution in [3.63, 3.8) is 0 Å². The summed E-state index contributed by atoms with van der Waals surface area (Å²) in [6, 6.07) is 6.71. The van der Waals surface area contributed by atoms with Crippen LogP contribution in [0.25, 0.3) is 0 Å². The van der Waals surface area contributed by atoms with Crippen LogP contribution < -0.4 is 4.72 Å². The minimum absolute atomic E-state index is 0.0271. The average Bonchev–Trinajstić information content (AvgIpc) is 2.73. The lowest BCUT2D eigenvalue weighted by atomic mass is 10.2. The van der Waals surface area contributed by atoms with E-state index in [1.807, 2.05) is 0 Å². The van der Waals surface area contributed by atoms with Crippen molar-refractivity contribution in [1.82, 2.24) is 4.72 Å². The van der Waals surface area contributed by atoms with E-state index in [0.29, 0.717) is 18.2 Å². The lowest BCUT2D eigenvalue weighted by Gasteiger charge is -2.11. The van der Waals surface area contributed by atoms with Crippen LogP contribution in [0.3, 0.4) is 0 Å². The smallest absolute Gasteiger partial charge is 0.216 e. The van der Waals surface area contributed by atoms with Gasteiger partial charge in [0.15, 0.2) is 0 Å². The predicted molar refractivity (Wildman–Crippen MR) is 66.4 cm³/mol. The number of ether oxygens (including phenoxy) is 1. The van der Waals surface area contributed by atoms with Crippen LogP contribution in [0, 0.1) is 0 Å². The summed E-state index contributed by atoms with van der Waals surface area (Å²) in [5.74, 6) is -0.0271. The fourth-order valence-electron chi connectivity index (χ4n) is 1.72. The maximum atomic E-state index is 11.8. The molecule has 0 bridgehead atoms. The Labute approximate surface area is 106 Å². The van der Waals surface area contributed by atoms with Crippen LogP contribution in [0.4, 0.5) is 0 Å². The van der Waals surface area contributed by atoms with Crippen molar-refractivity contribution < 1.29 is 13.2 Å². The molecule has 1 atom stereocenters. The van der Waals surface area contributed by atoms with E-state index in [4.69, 9.17) is 16.3 Å². The van der Waals surface area contributed by atoms with E-state index in [9.17, 15) is 8.42 Å². The minimum atomic E-state index is -3.30. The molecule has 0 spiro atoms. The van der Waals surface area contributed by atoms with Crippen LogP contribution in [0.5, 0.6) is 0 Å². The van der Waals surface area contributed by atoms with Crippen molar-refractivity contribution in [1.29, 1.82) is 0 Å². The molecule has 4 nitrogen and oxygen atoms in total. The zero-order chi connectivity index (χ0) is 12.3. The highest BCUT2D eigenvalue weighted by Gasteiger charge is 2.21. The van der Waals surface area contributed by atoms with Crippen LogP contribution in [0.15, 0.2) is 24.3 Å². The Balaban J connectivity index is 1.98. The lowest BCUT2D eigenvalue weighted by molar-refractivity contribution is 0.192. The fourth-order valence-corrected chi connectivity index (χ4v) is 3.26. The standard InChI is InChI=1S/C11H14ClNO3S/c12-10-3-1-9(2-4-10)8-17(14,15)13-11-5-6-16-7-11/h1-4,11,13H,5-8H2. The Morgan fingerprint density at radius 3 is 2.65 bits per heavy atom. The number of hydrogen-bond acceptors (Lipinski definition) is 3. The van der Waals surface area contributed by atoms with Gasteiger partial charge in [-0.25, -0.2) is 13.1 Å². The number of nitrogens with one attached hydrogen (secondary N) is 1. The van der Waals surface area contributed by atoms with Crippen molar-refractivity contribution in [3.8, 4) is 0 Å².